The fourth-order valence-corrected chi connectivity index (χ4v) is 3.58. The molecule has 1 N–H and O–H groups in total. The fourth-order valence-electron chi connectivity index (χ4n) is 2.61. The van der Waals surface area contributed by atoms with Crippen LogP contribution in [0.2, 0.25) is 5.02 Å². The normalized spacial score (nSPS) is 10.9. The third kappa shape index (κ3) is 4.90. The van der Waals surface area contributed by atoms with Crippen molar-refractivity contribution in [1.29, 1.82) is 0 Å². The number of benzene rings is 2. The molecule has 0 bridgehead atoms. The van der Waals surface area contributed by atoms with Crippen LogP contribution in [0.3, 0.4) is 0 Å². The number of amides is 1. The lowest BCUT2D eigenvalue weighted by Crippen LogP contribution is -2.11. The van der Waals surface area contributed by atoms with Gasteiger partial charge in [0.1, 0.15) is 12.4 Å². The Bertz CT molecular complexity index is 932. The maximum Gasteiger partial charge on any atom is 0.265 e. The van der Waals surface area contributed by atoms with E-state index in [4.69, 9.17) is 16.3 Å². The molecule has 0 spiro atoms. The summed E-state index contributed by atoms with van der Waals surface area (Å²) in [6.45, 7) is 6.65. The molecule has 140 valence electrons. The Labute approximate surface area is 169 Å². The van der Waals surface area contributed by atoms with Crippen molar-refractivity contribution in [1.82, 2.24) is 0 Å². The van der Waals surface area contributed by atoms with Crippen LogP contribution in [0.25, 0.3) is 0 Å². The highest BCUT2D eigenvalue weighted by atomic mass is 35.5. The lowest BCUT2D eigenvalue weighted by atomic mass is 10.0. The molecule has 1 aromatic heterocycles. The summed E-state index contributed by atoms with van der Waals surface area (Å²) in [6, 6.07) is 15.5. The number of carbonyl (C=O) groups is 1. The second kappa shape index (κ2) is 8.59. The van der Waals surface area contributed by atoms with Gasteiger partial charge >= 0.3 is 0 Å². The molecule has 0 aliphatic heterocycles. The molecule has 0 saturated heterocycles. The third-order valence-corrected chi connectivity index (χ3v) is 5.73. The molecule has 27 heavy (non-hydrogen) atoms. The SMILES string of the molecule is Cc1c(Cl)cccc1NC(=O)c1cc(COc2ccc(C(C)C)cc2)cs1. The number of hydrogen-bond donors (Lipinski definition) is 1. The van der Waals surface area contributed by atoms with Crippen LogP contribution in [0.4, 0.5) is 5.69 Å². The summed E-state index contributed by atoms with van der Waals surface area (Å²) in [7, 11) is 0. The maximum atomic E-state index is 12.5. The van der Waals surface area contributed by atoms with Gasteiger partial charge in [0.2, 0.25) is 0 Å². The first-order chi connectivity index (χ1) is 12.9. The van der Waals surface area contributed by atoms with Gasteiger partial charge in [-0.25, -0.2) is 0 Å². The summed E-state index contributed by atoms with van der Waals surface area (Å²) in [5.74, 6) is 1.18. The number of nitrogens with one attached hydrogen (secondary N) is 1. The lowest BCUT2D eigenvalue weighted by molar-refractivity contribution is 0.103. The number of thiophene rings is 1. The molecule has 0 saturated carbocycles. The molecular formula is C22H22ClNO2S. The van der Waals surface area contributed by atoms with Gasteiger partial charge in [-0.15, -0.1) is 11.3 Å². The molecule has 0 aliphatic carbocycles. The largest absolute Gasteiger partial charge is 0.489 e. The molecule has 3 aromatic rings. The van der Waals surface area contributed by atoms with Crippen molar-refractivity contribution in [3.8, 4) is 5.75 Å². The summed E-state index contributed by atoms with van der Waals surface area (Å²) in [4.78, 5) is 13.1. The van der Waals surface area contributed by atoms with Crippen LogP contribution in [-0.4, -0.2) is 5.91 Å². The van der Waals surface area contributed by atoms with E-state index in [1.54, 1.807) is 6.07 Å². The summed E-state index contributed by atoms with van der Waals surface area (Å²) in [5, 5.41) is 5.50. The molecule has 0 aliphatic rings. The van der Waals surface area contributed by atoms with Gasteiger partial charge in [-0.1, -0.05) is 43.6 Å². The van der Waals surface area contributed by atoms with Gasteiger partial charge < -0.3 is 10.1 Å². The van der Waals surface area contributed by atoms with Gasteiger partial charge in [0.15, 0.2) is 0 Å². The zero-order chi connectivity index (χ0) is 19.4. The topological polar surface area (TPSA) is 38.3 Å². The van der Waals surface area contributed by atoms with E-state index in [0.717, 1.165) is 22.6 Å². The summed E-state index contributed by atoms with van der Waals surface area (Å²) in [5.41, 5.74) is 3.84. The van der Waals surface area contributed by atoms with E-state index in [2.05, 4.69) is 31.3 Å². The Hall–Kier alpha value is -2.30. The number of halogens is 1. The molecular weight excluding hydrogens is 378 g/mol. The van der Waals surface area contributed by atoms with Gasteiger partial charge in [0.05, 0.1) is 4.88 Å². The Kier molecular flexibility index (Phi) is 6.19. The van der Waals surface area contributed by atoms with Crippen molar-refractivity contribution in [2.45, 2.75) is 33.3 Å². The zero-order valence-corrected chi connectivity index (χ0v) is 17.2. The smallest absolute Gasteiger partial charge is 0.265 e. The first kappa shape index (κ1) is 19.5. The summed E-state index contributed by atoms with van der Waals surface area (Å²) in [6.07, 6.45) is 0. The van der Waals surface area contributed by atoms with Gasteiger partial charge in [0.25, 0.3) is 5.91 Å². The lowest BCUT2D eigenvalue weighted by Gasteiger charge is -2.08. The number of hydrogen-bond acceptors (Lipinski definition) is 3. The number of rotatable bonds is 6. The van der Waals surface area contributed by atoms with E-state index in [-0.39, 0.29) is 5.91 Å². The van der Waals surface area contributed by atoms with E-state index >= 15 is 0 Å². The van der Waals surface area contributed by atoms with Crippen molar-refractivity contribution in [3.63, 3.8) is 0 Å². The summed E-state index contributed by atoms with van der Waals surface area (Å²) >= 11 is 7.51. The quantitative estimate of drug-likeness (QED) is 0.503. The van der Waals surface area contributed by atoms with Crippen molar-refractivity contribution in [3.05, 3.63) is 80.5 Å². The van der Waals surface area contributed by atoms with Crippen LogP contribution < -0.4 is 10.1 Å². The zero-order valence-electron chi connectivity index (χ0n) is 15.6. The molecule has 0 radical (unpaired) electrons. The Balaban J connectivity index is 1.60. The molecule has 3 nitrogen and oxygen atoms in total. The van der Waals surface area contributed by atoms with Crippen LogP contribution in [0.15, 0.2) is 53.9 Å². The van der Waals surface area contributed by atoms with E-state index in [0.29, 0.717) is 22.4 Å². The molecule has 3 rings (SSSR count). The molecule has 1 amide bonds. The highest BCUT2D eigenvalue weighted by Crippen LogP contribution is 2.25. The predicted octanol–water partition coefficient (Wildman–Crippen LogP) is 6.66. The average molecular weight is 400 g/mol. The van der Waals surface area contributed by atoms with Gasteiger partial charge in [-0.05, 0) is 59.7 Å². The second-order valence-electron chi connectivity index (χ2n) is 6.70. The average Bonchev–Trinajstić information content (AvgIpc) is 3.13. The first-order valence-electron chi connectivity index (χ1n) is 8.80. The van der Waals surface area contributed by atoms with Crippen molar-refractivity contribution < 1.29 is 9.53 Å². The van der Waals surface area contributed by atoms with E-state index in [1.807, 2.05) is 42.6 Å². The number of carbonyl (C=O) groups excluding carboxylic acids is 1. The second-order valence-corrected chi connectivity index (χ2v) is 8.02. The fraction of sp³-hybridized carbons (Fsp3) is 0.227. The van der Waals surface area contributed by atoms with Crippen LogP contribution >= 0.6 is 22.9 Å². The van der Waals surface area contributed by atoms with Crippen molar-refractivity contribution in [2.24, 2.45) is 0 Å². The van der Waals surface area contributed by atoms with Gasteiger partial charge in [0, 0.05) is 16.3 Å². The third-order valence-electron chi connectivity index (χ3n) is 4.35. The highest BCUT2D eigenvalue weighted by Gasteiger charge is 2.12. The van der Waals surface area contributed by atoms with Crippen LogP contribution in [0.1, 0.15) is 46.1 Å². The van der Waals surface area contributed by atoms with Crippen LogP contribution in [-0.2, 0) is 6.61 Å². The molecule has 5 heteroatoms. The highest BCUT2D eigenvalue weighted by molar-refractivity contribution is 7.12. The van der Waals surface area contributed by atoms with E-state index in [9.17, 15) is 4.79 Å². The summed E-state index contributed by atoms with van der Waals surface area (Å²) < 4.78 is 5.83. The van der Waals surface area contributed by atoms with Gasteiger partial charge in [-0.3, -0.25) is 4.79 Å². The molecule has 1 heterocycles. The Morgan fingerprint density at radius 2 is 1.93 bits per heavy atom. The standard InChI is InChI=1S/C22H22ClNO2S/c1-14(2)17-7-9-18(10-8-17)26-12-16-11-21(27-13-16)22(25)24-20-6-4-5-19(23)15(20)3/h4-11,13-14H,12H2,1-3H3,(H,24,25). The minimum absolute atomic E-state index is 0.141. The number of ether oxygens (including phenoxy) is 1. The molecule has 2 aromatic carbocycles. The molecule has 0 atom stereocenters. The first-order valence-corrected chi connectivity index (χ1v) is 10.1. The van der Waals surface area contributed by atoms with E-state index in [1.165, 1.54) is 16.9 Å². The van der Waals surface area contributed by atoms with Crippen LogP contribution in [0, 0.1) is 6.92 Å². The monoisotopic (exact) mass is 399 g/mol. The van der Waals surface area contributed by atoms with E-state index < -0.39 is 0 Å². The Morgan fingerprint density at radius 1 is 1.19 bits per heavy atom. The predicted molar refractivity (Wildman–Crippen MR) is 113 cm³/mol. The molecule has 0 fully saturated rings. The Morgan fingerprint density at radius 3 is 2.63 bits per heavy atom. The van der Waals surface area contributed by atoms with Crippen molar-refractivity contribution >= 4 is 34.5 Å². The maximum absolute atomic E-state index is 12.5. The minimum atomic E-state index is -0.141. The minimum Gasteiger partial charge on any atom is -0.489 e. The van der Waals surface area contributed by atoms with Crippen molar-refractivity contribution in [2.75, 3.05) is 5.32 Å². The van der Waals surface area contributed by atoms with Crippen LogP contribution in [0.5, 0.6) is 5.75 Å². The van der Waals surface area contributed by atoms with Gasteiger partial charge in [-0.2, -0.15) is 0 Å². The molecule has 0 unspecified atom stereocenters. The number of anilines is 1.